The van der Waals surface area contributed by atoms with Crippen molar-refractivity contribution >= 4 is 16.0 Å². The molecule has 1 aromatic carbocycles. The van der Waals surface area contributed by atoms with E-state index in [1.165, 1.54) is 19.2 Å². The molecule has 0 amide bonds. The number of anilines is 1. The van der Waals surface area contributed by atoms with Crippen LogP contribution in [0.4, 0.5) is 19.1 Å². The molecular weight excluding hydrogens is 515 g/mol. The number of nitrogens with one attached hydrogen (secondary N) is 2. The molecule has 0 saturated carbocycles. The Labute approximate surface area is 213 Å². The first-order valence-corrected chi connectivity index (χ1v) is 13.3. The lowest BCUT2D eigenvalue weighted by atomic mass is 9.87. The Balaban J connectivity index is 1.20. The highest BCUT2D eigenvalue weighted by Crippen LogP contribution is 2.37. The lowest BCUT2D eigenvalue weighted by Crippen LogP contribution is -2.45. The summed E-state index contributed by atoms with van der Waals surface area (Å²) in [7, 11) is -2.26. The van der Waals surface area contributed by atoms with E-state index in [4.69, 9.17) is 9.47 Å². The number of rotatable bonds is 9. The molecule has 4 rings (SSSR count). The topological polar surface area (TPSA) is 126 Å². The lowest BCUT2D eigenvalue weighted by Gasteiger charge is -2.38. The number of nitrogens with zero attached hydrogens (tertiary/aromatic N) is 3. The highest BCUT2D eigenvalue weighted by Gasteiger charge is 2.43. The summed E-state index contributed by atoms with van der Waals surface area (Å²) in [5.41, 5.74) is -1.21. The van der Waals surface area contributed by atoms with Gasteiger partial charge in [-0.3, -0.25) is 0 Å². The fourth-order valence-corrected chi connectivity index (χ4v) is 5.24. The molecule has 0 bridgehead atoms. The molecule has 2 atom stereocenters. The summed E-state index contributed by atoms with van der Waals surface area (Å²) in [6.07, 6.45) is -1.57. The molecule has 2 aliphatic rings. The predicted octanol–water partition coefficient (Wildman–Crippen LogP) is 1.56. The zero-order valence-electron chi connectivity index (χ0n) is 20.2. The number of sulfonamides is 1. The molecule has 204 valence electrons. The van der Waals surface area contributed by atoms with Gasteiger partial charge in [-0.2, -0.15) is 13.2 Å². The average Bonchev–Trinajstić information content (AvgIpc) is 3.28. The fraction of sp³-hybridized carbons (Fsp3) is 0.565. The molecule has 37 heavy (non-hydrogen) atoms. The molecule has 14 heteroatoms. The van der Waals surface area contributed by atoms with Crippen LogP contribution in [0.5, 0.6) is 5.75 Å². The van der Waals surface area contributed by atoms with Gasteiger partial charge in [0.1, 0.15) is 18.5 Å². The molecule has 3 heterocycles. The highest BCUT2D eigenvalue weighted by atomic mass is 32.2. The van der Waals surface area contributed by atoms with Crippen LogP contribution in [0.1, 0.15) is 24.8 Å². The number of aliphatic hydroxyl groups excluding tert-OH is 1. The Kier molecular flexibility index (Phi) is 8.23. The van der Waals surface area contributed by atoms with Crippen molar-refractivity contribution < 1.29 is 36.2 Å². The molecule has 2 fully saturated rings. The Morgan fingerprint density at radius 2 is 1.97 bits per heavy atom. The van der Waals surface area contributed by atoms with E-state index in [1.54, 1.807) is 12.1 Å². The van der Waals surface area contributed by atoms with Crippen molar-refractivity contribution in [2.75, 3.05) is 44.8 Å². The van der Waals surface area contributed by atoms with E-state index in [0.29, 0.717) is 38.3 Å². The van der Waals surface area contributed by atoms with Gasteiger partial charge in [-0.05, 0) is 38.4 Å². The summed E-state index contributed by atoms with van der Waals surface area (Å²) in [5.74, 6) is 0.607. The second-order valence-corrected chi connectivity index (χ2v) is 11.1. The summed E-state index contributed by atoms with van der Waals surface area (Å²) in [6, 6.07) is 6.06. The van der Waals surface area contributed by atoms with Gasteiger partial charge in [0.25, 0.3) is 0 Å². The van der Waals surface area contributed by atoms with Crippen LogP contribution in [0.25, 0.3) is 0 Å². The number of aromatic nitrogens is 2. The summed E-state index contributed by atoms with van der Waals surface area (Å²) in [6.45, 7) is 1.86. The number of aliphatic hydroxyl groups is 1. The van der Waals surface area contributed by atoms with Crippen molar-refractivity contribution in [1.82, 2.24) is 20.0 Å². The normalized spacial score (nSPS) is 20.8. The minimum absolute atomic E-state index is 0.0170. The predicted molar refractivity (Wildman–Crippen MR) is 128 cm³/mol. The number of hydrogen-bond donors (Lipinski definition) is 3. The van der Waals surface area contributed by atoms with E-state index < -0.39 is 27.9 Å². The molecule has 0 radical (unpaired) electrons. The number of alkyl halides is 3. The van der Waals surface area contributed by atoms with Crippen LogP contribution < -0.4 is 19.7 Å². The second-order valence-electron chi connectivity index (χ2n) is 9.21. The largest absolute Gasteiger partial charge is 0.491 e. The van der Waals surface area contributed by atoms with E-state index in [9.17, 15) is 26.7 Å². The van der Waals surface area contributed by atoms with Crippen LogP contribution in [0.15, 0.2) is 41.6 Å². The zero-order valence-corrected chi connectivity index (χ0v) is 21.1. The van der Waals surface area contributed by atoms with Gasteiger partial charge in [-0.15, -0.1) is 0 Å². The van der Waals surface area contributed by atoms with E-state index in [2.05, 4.69) is 20.0 Å². The maximum Gasteiger partial charge on any atom is 0.419 e. The van der Waals surface area contributed by atoms with Gasteiger partial charge < -0.3 is 24.8 Å². The molecule has 2 saturated heterocycles. The van der Waals surface area contributed by atoms with Gasteiger partial charge in [-0.1, -0.05) is 6.07 Å². The third-order valence-corrected chi connectivity index (χ3v) is 8.01. The molecule has 2 aromatic rings. The van der Waals surface area contributed by atoms with Crippen LogP contribution in [0.2, 0.25) is 0 Å². The third kappa shape index (κ3) is 6.87. The SMILES string of the molecule is CNS(=O)(=O)c1cccc(OCC(O)CN[C@H]2COC3(CCN(c4ncc(C(F)(F)F)cn4)CC3)C2)c1. The van der Waals surface area contributed by atoms with Gasteiger partial charge >= 0.3 is 6.18 Å². The van der Waals surface area contributed by atoms with Gasteiger partial charge in [0.05, 0.1) is 22.7 Å². The van der Waals surface area contributed by atoms with Crippen LogP contribution in [-0.4, -0.2) is 81.1 Å². The van der Waals surface area contributed by atoms with Crippen LogP contribution in [0, 0.1) is 0 Å². The van der Waals surface area contributed by atoms with Crippen molar-refractivity contribution in [2.45, 2.75) is 48.1 Å². The van der Waals surface area contributed by atoms with Gasteiger partial charge in [0.15, 0.2) is 0 Å². The van der Waals surface area contributed by atoms with Crippen LogP contribution in [-0.2, 0) is 20.9 Å². The van der Waals surface area contributed by atoms with Gasteiger partial charge in [-0.25, -0.2) is 23.1 Å². The second kappa shape index (κ2) is 11.1. The molecule has 10 nitrogen and oxygen atoms in total. The summed E-state index contributed by atoms with van der Waals surface area (Å²) in [5, 5.41) is 13.6. The highest BCUT2D eigenvalue weighted by molar-refractivity contribution is 7.89. The molecule has 1 spiro atoms. The smallest absolute Gasteiger partial charge is 0.419 e. The first kappa shape index (κ1) is 27.5. The number of piperidine rings is 1. The monoisotopic (exact) mass is 545 g/mol. The van der Waals surface area contributed by atoms with Crippen molar-refractivity contribution in [2.24, 2.45) is 0 Å². The molecule has 1 aromatic heterocycles. The maximum absolute atomic E-state index is 12.7. The van der Waals surface area contributed by atoms with Gasteiger partial charge in [0.2, 0.25) is 16.0 Å². The van der Waals surface area contributed by atoms with E-state index in [0.717, 1.165) is 18.8 Å². The molecule has 0 aliphatic carbocycles. The quantitative estimate of drug-likeness (QED) is 0.430. The first-order valence-electron chi connectivity index (χ1n) is 11.9. The molecular formula is C23H30F3N5O5S. The van der Waals surface area contributed by atoms with Crippen molar-refractivity contribution in [1.29, 1.82) is 0 Å². The minimum Gasteiger partial charge on any atom is -0.491 e. The number of ether oxygens (including phenoxy) is 2. The van der Waals surface area contributed by atoms with Crippen molar-refractivity contribution in [3.8, 4) is 5.75 Å². The number of hydrogen-bond acceptors (Lipinski definition) is 9. The maximum atomic E-state index is 12.7. The minimum atomic E-state index is -4.47. The zero-order chi connectivity index (χ0) is 26.7. The number of benzene rings is 1. The third-order valence-electron chi connectivity index (χ3n) is 6.60. The van der Waals surface area contributed by atoms with E-state index in [-0.39, 0.29) is 35.6 Å². The average molecular weight is 546 g/mol. The van der Waals surface area contributed by atoms with Gasteiger partial charge in [0, 0.05) is 44.1 Å². The Morgan fingerprint density at radius 1 is 1.27 bits per heavy atom. The summed E-state index contributed by atoms with van der Waals surface area (Å²) >= 11 is 0. The van der Waals surface area contributed by atoms with Crippen molar-refractivity contribution in [3.63, 3.8) is 0 Å². The fourth-order valence-electron chi connectivity index (χ4n) is 4.47. The Morgan fingerprint density at radius 3 is 2.62 bits per heavy atom. The summed E-state index contributed by atoms with van der Waals surface area (Å²) in [4.78, 5) is 9.68. The lowest BCUT2D eigenvalue weighted by molar-refractivity contribution is -0.138. The van der Waals surface area contributed by atoms with Crippen molar-refractivity contribution in [3.05, 3.63) is 42.2 Å². The van der Waals surface area contributed by atoms with E-state index in [1.807, 2.05) is 4.90 Å². The molecule has 2 aliphatic heterocycles. The number of halogens is 3. The summed E-state index contributed by atoms with van der Waals surface area (Å²) < 4.78 is 76.0. The van der Waals surface area contributed by atoms with E-state index >= 15 is 0 Å². The Bertz CT molecular complexity index is 1160. The molecule has 3 N–H and O–H groups in total. The first-order chi connectivity index (χ1) is 17.5. The Hall–Kier alpha value is -2.52. The standard InChI is InChI=1S/C23H30F3N5O5S/c1-27-37(33,34)20-4-2-3-19(9-20)35-15-18(32)13-28-17-10-22(36-14-17)5-7-31(8-6-22)21-29-11-16(12-30-21)23(24,25)26/h2-4,9,11-12,17-18,27-28,32H,5-8,10,13-15H2,1H3/t17-,18?/m1/s1. The molecule has 1 unspecified atom stereocenters. The van der Waals surface area contributed by atoms with Crippen LogP contribution >= 0.6 is 0 Å². The van der Waals surface area contributed by atoms with Crippen LogP contribution in [0.3, 0.4) is 0 Å².